The van der Waals surface area contributed by atoms with E-state index in [0.29, 0.717) is 36.8 Å². The number of nitrogens with zero attached hydrogens (tertiary/aromatic N) is 2. The summed E-state index contributed by atoms with van der Waals surface area (Å²) in [5, 5.41) is 16.2. The van der Waals surface area contributed by atoms with Gasteiger partial charge in [-0.2, -0.15) is 0 Å². The van der Waals surface area contributed by atoms with Gasteiger partial charge in [-0.15, -0.1) is 0 Å². The lowest BCUT2D eigenvalue weighted by Crippen LogP contribution is -2.60. The second-order valence-electron chi connectivity index (χ2n) is 13.9. The number of rotatable bonds is 7. The molecule has 2 aliphatic carbocycles. The number of pyridine rings is 1. The number of hydrogen-bond acceptors (Lipinski definition) is 10. The molecule has 0 spiro atoms. The van der Waals surface area contributed by atoms with E-state index in [9.17, 15) is 32.7 Å². The van der Waals surface area contributed by atoms with Gasteiger partial charge in [-0.3, -0.25) is 19.1 Å². The number of sulfonamides is 1. The van der Waals surface area contributed by atoms with Crippen molar-refractivity contribution in [1.82, 2.24) is 25.2 Å². The van der Waals surface area contributed by atoms with Crippen LogP contribution in [0.4, 0.5) is 4.79 Å². The summed E-state index contributed by atoms with van der Waals surface area (Å²) in [4.78, 5) is 59.7. The Labute approximate surface area is 290 Å². The van der Waals surface area contributed by atoms with E-state index in [4.69, 9.17) is 14.2 Å². The molecule has 2 aromatic rings. The second kappa shape index (κ2) is 13.4. The molecule has 1 aromatic heterocycles. The average Bonchev–Trinajstić information content (AvgIpc) is 3.95. The molecule has 1 aromatic carbocycles. The van der Waals surface area contributed by atoms with E-state index in [1.54, 1.807) is 51.4 Å². The van der Waals surface area contributed by atoms with Crippen LogP contribution in [0.15, 0.2) is 42.6 Å². The smallest absolute Gasteiger partial charge is 0.405 e. The molecule has 4 amide bonds. The maximum atomic E-state index is 14.2. The van der Waals surface area contributed by atoms with Gasteiger partial charge in [0.15, 0.2) is 0 Å². The zero-order valence-corrected chi connectivity index (χ0v) is 29.2. The Morgan fingerprint density at radius 1 is 1.18 bits per heavy atom. The van der Waals surface area contributed by atoms with Crippen LogP contribution in [0, 0.1) is 5.92 Å². The molecule has 4 aliphatic rings. The average molecular weight is 714 g/mol. The highest BCUT2D eigenvalue weighted by Gasteiger charge is 2.63. The number of ether oxygens (including phenoxy) is 3. The molecule has 2 aliphatic heterocycles. The summed E-state index contributed by atoms with van der Waals surface area (Å²) in [5.74, 6) is -1.85. The first-order chi connectivity index (χ1) is 23.7. The lowest BCUT2D eigenvalue weighted by molar-refractivity contribution is -0.144. The van der Waals surface area contributed by atoms with Crippen molar-refractivity contribution in [2.45, 2.75) is 100.0 Å². The van der Waals surface area contributed by atoms with E-state index in [1.807, 2.05) is 19.1 Å². The van der Waals surface area contributed by atoms with Gasteiger partial charge in [0.1, 0.15) is 29.5 Å². The number of hydrogen-bond donors (Lipinski definition) is 4. The predicted octanol–water partition coefficient (Wildman–Crippen LogP) is 2.24. The van der Waals surface area contributed by atoms with Crippen molar-refractivity contribution in [2.24, 2.45) is 5.92 Å². The van der Waals surface area contributed by atoms with Crippen molar-refractivity contribution in [3.05, 3.63) is 42.6 Å². The molecule has 1 saturated heterocycles. The Morgan fingerprint density at radius 3 is 2.64 bits per heavy atom. The summed E-state index contributed by atoms with van der Waals surface area (Å²) in [7, 11) is -2.45. The van der Waals surface area contributed by atoms with E-state index in [2.05, 4.69) is 20.3 Å². The maximum absolute atomic E-state index is 14.2. The highest BCUT2D eigenvalue weighted by atomic mass is 32.2. The van der Waals surface area contributed by atoms with Gasteiger partial charge < -0.3 is 34.9 Å². The molecular formula is C34H43N5O10S. The lowest BCUT2D eigenvalue weighted by atomic mass is 10.1. The van der Waals surface area contributed by atoms with Gasteiger partial charge in [0.2, 0.25) is 27.7 Å². The third-order valence-corrected chi connectivity index (χ3v) is 12.4. The fraction of sp³-hybridized carbons (Fsp3) is 0.559. The number of benzene rings is 1. The molecule has 6 rings (SSSR count). The number of aromatic nitrogens is 1. The van der Waals surface area contributed by atoms with Gasteiger partial charge in [0.05, 0.1) is 30.6 Å². The topological polar surface area (TPSA) is 203 Å². The molecule has 15 nitrogen and oxygen atoms in total. The van der Waals surface area contributed by atoms with Crippen LogP contribution in [0.2, 0.25) is 0 Å². The third kappa shape index (κ3) is 6.95. The van der Waals surface area contributed by atoms with Crippen LogP contribution < -0.4 is 24.8 Å². The van der Waals surface area contributed by atoms with E-state index in [0.717, 1.165) is 5.39 Å². The van der Waals surface area contributed by atoms with Gasteiger partial charge in [-0.1, -0.05) is 12.2 Å². The molecule has 7 atom stereocenters. The quantitative estimate of drug-likeness (QED) is 0.307. The molecule has 3 heterocycles. The SMILES string of the molecule is COc1ccc2c(O[C@@H]3C[C@H]4C(=O)N[C@]5(C(=O)NS(=O)(=O)C6(C)CC6)C[C@H]5/C=C\CC[C@@H](C)O[C@@H](C)[C@H](NC(=O)O)C(=O)N4C3)nccc2c1. The Hall–Kier alpha value is -4.44. The zero-order chi connectivity index (χ0) is 36.0. The first-order valence-electron chi connectivity index (χ1n) is 16.8. The maximum Gasteiger partial charge on any atom is 0.405 e. The van der Waals surface area contributed by atoms with Crippen LogP contribution in [0.5, 0.6) is 11.6 Å². The number of nitrogens with one attached hydrogen (secondary N) is 3. The standard InChI is InChI=1S/C34H43N5O10S/c1-19-7-5-6-8-22-17-34(22,31(42)38-50(45,46)33(3)12-13-33)37-28(40)26-16-24(18-39(26)30(41)27(20(2)48-19)36-32(43)44)49-29-25-10-9-23(47-4)15-21(25)11-14-35-29/h6,8-11,14-15,19-20,22,24,26-27,36H,5,7,12-13,16-18H2,1-4H3,(H,37,40)(H,38,42)(H,43,44)/b8-6-/t19-,20+,22-,24-,26+,27+,34-/m1/s1. The third-order valence-electron chi connectivity index (χ3n) is 10.2. The van der Waals surface area contributed by atoms with Crippen LogP contribution >= 0.6 is 0 Å². The van der Waals surface area contributed by atoms with E-state index < -0.39 is 74.3 Å². The minimum absolute atomic E-state index is 0.0220. The molecule has 16 heteroatoms. The second-order valence-corrected chi connectivity index (χ2v) is 16.1. The van der Waals surface area contributed by atoms with Crippen LogP contribution in [0.1, 0.15) is 59.3 Å². The highest BCUT2D eigenvalue weighted by molar-refractivity contribution is 7.91. The molecule has 0 unspecified atom stereocenters. The Morgan fingerprint density at radius 2 is 1.94 bits per heavy atom. The van der Waals surface area contributed by atoms with Gasteiger partial charge in [-0.25, -0.2) is 18.2 Å². The van der Waals surface area contributed by atoms with Crippen LogP contribution in [0.25, 0.3) is 10.8 Å². The largest absolute Gasteiger partial charge is 0.497 e. The van der Waals surface area contributed by atoms with Crippen molar-refractivity contribution in [2.75, 3.05) is 13.7 Å². The first-order valence-corrected chi connectivity index (χ1v) is 18.2. The number of carbonyl (C=O) groups excluding carboxylic acids is 3. The van der Waals surface area contributed by atoms with E-state index in [1.165, 1.54) is 4.90 Å². The number of carbonyl (C=O) groups is 4. The zero-order valence-electron chi connectivity index (χ0n) is 28.4. The number of fused-ring (bicyclic) bond motifs is 3. The van der Waals surface area contributed by atoms with Crippen LogP contribution in [-0.4, -0.2) is 102 Å². The van der Waals surface area contributed by atoms with Crippen molar-refractivity contribution in [3.63, 3.8) is 0 Å². The fourth-order valence-electron chi connectivity index (χ4n) is 6.74. The number of allylic oxidation sites excluding steroid dienone is 1. The molecule has 0 bridgehead atoms. The predicted molar refractivity (Wildman–Crippen MR) is 180 cm³/mol. The van der Waals surface area contributed by atoms with Crippen molar-refractivity contribution in [1.29, 1.82) is 0 Å². The Kier molecular flexibility index (Phi) is 9.45. The fourth-order valence-corrected chi connectivity index (χ4v) is 8.06. The molecule has 50 heavy (non-hydrogen) atoms. The normalized spacial score (nSPS) is 31.6. The summed E-state index contributed by atoms with van der Waals surface area (Å²) >= 11 is 0. The van der Waals surface area contributed by atoms with Gasteiger partial charge in [0, 0.05) is 23.9 Å². The summed E-state index contributed by atoms with van der Waals surface area (Å²) in [6.45, 7) is 4.85. The monoisotopic (exact) mass is 713 g/mol. The van der Waals surface area contributed by atoms with Gasteiger partial charge >= 0.3 is 6.09 Å². The number of methoxy groups -OCH3 is 1. The van der Waals surface area contributed by atoms with Crippen molar-refractivity contribution < 1.29 is 46.9 Å². The minimum atomic E-state index is -4.01. The molecule has 3 fully saturated rings. The van der Waals surface area contributed by atoms with Gasteiger partial charge in [0.25, 0.3) is 5.91 Å². The van der Waals surface area contributed by atoms with Crippen molar-refractivity contribution in [3.8, 4) is 11.6 Å². The molecular weight excluding hydrogens is 670 g/mol. The summed E-state index contributed by atoms with van der Waals surface area (Å²) in [5.41, 5.74) is -1.57. The van der Waals surface area contributed by atoms with E-state index in [-0.39, 0.29) is 31.4 Å². The number of carboxylic acid groups (broad SMARTS) is 1. The van der Waals surface area contributed by atoms with Gasteiger partial charge in [-0.05, 0) is 82.5 Å². The van der Waals surface area contributed by atoms with Crippen molar-refractivity contribution >= 4 is 44.6 Å². The lowest BCUT2D eigenvalue weighted by Gasteiger charge is -2.32. The van der Waals surface area contributed by atoms with Crippen LogP contribution in [0.3, 0.4) is 0 Å². The summed E-state index contributed by atoms with van der Waals surface area (Å²) in [6.07, 6.45) is 3.75. The molecule has 0 radical (unpaired) electrons. The minimum Gasteiger partial charge on any atom is -0.497 e. The highest BCUT2D eigenvalue weighted by Crippen LogP contribution is 2.47. The number of amides is 4. The molecule has 2 saturated carbocycles. The summed E-state index contributed by atoms with van der Waals surface area (Å²) < 4.78 is 45.0. The summed E-state index contributed by atoms with van der Waals surface area (Å²) in [6, 6.07) is 4.57. The molecule has 270 valence electrons. The first kappa shape index (κ1) is 35.4. The molecule has 4 N–H and O–H groups in total. The Balaban J connectivity index is 1.33. The van der Waals surface area contributed by atoms with Crippen LogP contribution in [-0.2, 0) is 29.1 Å². The Bertz CT molecular complexity index is 1830. The van der Waals surface area contributed by atoms with E-state index >= 15 is 0 Å².